The zero-order chi connectivity index (χ0) is 31.7. The van der Waals surface area contributed by atoms with Crippen LogP contribution in [-0.4, -0.2) is 56.4 Å². The van der Waals surface area contributed by atoms with Crippen molar-refractivity contribution in [3.8, 4) is 5.75 Å². The summed E-state index contributed by atoms with van der Waals surface area (Å²) in [5.74, 6) is -0.469. The maximum atomic E-state index is 14.3. The Bertz CT molecular complexity index is 1720. The molecule has 45 heavy (non-hydrogen) atoms. The molecule has 1 aliphatic heterocycles. The highest BCUT2D eigenvalue weighted by Crippen LogP contribution is 2.43. The molecule has 4 aromatic rings. The molecule has 10 heteroatoms. The van der Waals surface area contributed by atoms with E-state index >= 15 is 0 Å². The molecule has 1 amide bonds. The number of carbonyl (C=O) groups is 1. The van der Waals surface area contributed by atoms with Crippen LogP contribution in [0.15, 0.2) is 119 Å². The number of sulfone groups is 1. The molecule has 2 N–H and O–H groups in total. The molecule has 0 unspecified atom stereocenters. The zero-order valence-electron chi connectivity index (χ0n) is 24.6. The van der Waals surface area contributed by atoms with E-state index in [4.69, 9.17) is 19.6 Å². The van der Waals surface area contributed by atoms with Gasteiger partial charge in [0.25, 0.3) is 5.91 Å². The minimum atomic E-state index is -3.78. The monoisotopic (exact) mass is 630 g/mol. The van der Waals surface area contributed by atoms with Gasteiger partial charge in [-0.3, -0.25) is 4.79 Å². The van der Waals surface area contributed by atoms with Crippen LogP contribution < -0.4 is 10.1 Å². The van der Waals surface area contributed by atoms with Gasteiger partial charge in [-0.15, -0.1) is 0 Å². The molecule has 5 rings (SSSR count). The lowest BCUT2D eigenvalue weighted by atomic mass is 9.85. The minimum absolute atomic E-state index is 0.0219. The highest BCUT2D eigenvalue weighted by Gasteiger charge is 2.53. The normalized spacial score (nSPS) is 17.7. The first-order valence-corrected chi connectivity index (χ1v) is 16.4. The lowest BCUT2D eigenvalue weighted by Crippen LogP contribution is -2.49. The number of hydrogen-bond acceptors (Lipinski definition) is 7. The van der Waals surface area contributed by atoms with Crippen molar-refractivity contribution in [2.75, 3.05) is 25.5 Å². The summed E-state index contributed by atoms with van der Waals surface area (Å²) in [6, 6.07) is 30.5. The Labute approximate surface area is 262 Å². The first kappa shape index (κ1) is 31.9. The van der Waals surface area contributed by atoms with Crippen LogP contribution in [0.25, 0.3) is 0 Å². The van der Waals surface area contributed by atoms with E-state index in [0.29, 0.717) is 35.5 Å². The molecule has 2 atom stereocenters. The SMILES string of the molecule is O=C(NCCc1ccccc1F)[C@]1(CCS(=O)(=O)c2ccccc2)N=C(c2ccc(OCCCO)cc2)O[C@@H]1c1ccccc1. The molecule has 234 valence electrons. The largest absolute Gasteiger partial charge is 0.494 e. The number of halogens is 1. The van der Waals surface area contributed by atoms with Crippen molar-refractivity contribution >= 4 is 21.6 Å². The molecule has 0 bridgehead atoms. The molecule has 1 heterocycles. The van der Waals surface area contributed by atoms with Crippen molar-refractivity contribution in [3.05, 3.63) is 132 Å². The quantitative estimate of drug-likeness (QED) is 0.188. The Hall–Kier alpha value is -4.54. The smallest absolute Gasteiger partial charge is 0.252 e. The fraction of sp³-hybridized carbons (Fsp3) is 0.257. The number of nitrogens with one attached hydrogen (secondary N) is 1. The van der Waals surface area contributed by atoms with E-state index in [1.54, 1.807) is 60.7 Å². The third-order valence-corrected chi connectivity index (χ3v) is 9.36. The van der Waals surface area contributed by atoms with Gasteiger partial charge in [0, 0.05) is 31.6 Å². The van der Waals surface area contributed by atoms with Crippen LogP contribution in [0.1, 0.15) is 35.6 Å². The summed E-state index contributed by atoms with van der Waals surface area (Å²) in [4.78, 5) is 19.2. The van der Waals surface area contributed by atoms with Gasteiger partial charge in [-0.25, -0.2) is 17.8 Å². The maximum absolute atomic E-state index is 14.3. The van der Waals surface area contributed by atoms with E-state index in [2.05, 4.69) is 5.32 Å². The molecular weight excluding hydrogens is 595 g/mol. The summed E-state index contributed by atoms with van der Waals surface area (Å²) in [6.45, 7) is 0.489. The van der Waals surface area contributed by atoms with Crippen molar-refractivity contribution in [1.29, 1.82) is 0 Å². The summed E-state index contributed by atoms with van der Waals surface area (Å²) >= 11 is 0. The molecule has 4 aromatic carbocycles. The molecular formula is C35H35FN2O6S. The van der Waals surface area contributed by atoms with Crippen LogP contribution in [0.2, 0.25) is 0 Å². The van der Waals surface area contributed by atoms with E-state index < -0.39 is 27.4 Å². The Morgan fingerprint density at radius 2 is 1.60 bits per heavy atom. The van der Waals surface area contributed by atoms with Crippen molar-refractivity contribution in [2.45, 2.75) is 35.8 Å². The Morgan fingerprint density at radius 1 is 0.933 bits per heavy atom. The third-order valence-electron chi connectivity index (χ3n) is 7.62. The zero-order valence-corrected chi connectivity index (χ0v) is 25.5. The van der Waals surface area contributed by atoms with Crippen LogP contribution in [0.3, 0.4) is 0 Å². The molecule has 0 spiro atoms. The Morgan fingerprint density at radius 3 is 2.29 bits per heavy atom. The highest BCUT2D eigenvalue weighted by molar-refractivity contribution is 7.91. The van der Waals surface area contributed by atoms with Crippen LogP contribution >= 0.6 is 0 Å². The first-order chi connectivity index (χ1) is 21.8. The summed E-state index contributed by atoms with van der Waals surface area (Å²) in [5, 5.41) is 11.9. The van der Waals surface area contributed by atoms with E-state index in [1.807, 2.05) is 30.3 Å². The fourth-order valence-corrected chi connectivity index (χ4v) is 6.59. The van der Waals surface area contributed by atoms with E-state index in [1.165, 1.54) is 18.2 Å². The number of nitrogens with zero attached hydrogens (tertiary/aromatic N) is 1. The molecule has 8 nitrogen and oxygen atoms in total. The van der Waals surface area contributed by atoms with E-state index in [-0.39, 0.29) is 48.4 Å². The van der Waals surface area contributed by atoms with Crippen LogP contribution in [0.5, 0.6) is 5.75 Å². The predicted molar refractivity (Wildman–Crippen MR) is 169 cm³/mol. The third kappa shape index (κ3) is 7.58. The average Bonchev–Trinajstić information content (AvgIpc) is 3.47. The summed E-state index contributed by atoms with van der Waals surface area (Å²) in [7, 11) is -3.78. The molecule has 0 aromatic heterocycles. The number of ether oxygens (including phenoxy) is 2. The number of benzene rings is 4. The fourth-order valence-electron chi connectivity index (χ4n) is 5.20. The van der Waals surface area contributed by atoms with E-state index in [0.717, 1.165) is 0 Å². The van der Waals surface area contributed by atoms with Crippen molar-refractivity contribution in [3.63, 3.8) is 0 Å². The number of carbonyl (C=O) groups excluding carboxylic acids is 1. The number of aliphatic hydroxyl groups is 1. The number of amides is 1. The molecule has 1 aliphatic rings. The predicted octanol–water partition coefficient (Wildman–Crippen LogP) is 5.07. The number of rotatable bonds is 14. The second-order valence-electron chi connectivity index (χ2n) is 10.7. The summed E-state index contributed by atoms with van der Waals surface area (Å²) in [5.41, 5.74) is 0.0367. The Balaban J connectivity index is 1.50. The van der Waals surface area contributed by atoms with Gasteiger partial charge in [0.05, 0.1) is 17.3 Å². The summed E-state index contributed by atoms with van der Waals surface area (Å²) in [6.07, 6.45) is -0.367. The Kier molecular flexibility index (Phi) is 10.3. The average molecular weight is 631 g/mol. The molecule has 0 radical (unpaired) electrons. The van der Waals surface area contributed by atoms with Crippen LogP contribution in [0, 0.1) is 5.82 Å². The minimum Gasteiger partial charge on any atom is -0.494 e. The molecule has 0 aliphatic carbocycles. The van der Waals surface area contributed by atoms with Crippen LogP contribution in [-0.2, 0) is 25.8 Å². The van der Waals surface area contributed by atoms with Gasteiger partial charge in [0.1, 0.15) is 11.6 Å². The van der Waals surface area contributed by atoms with Gasteiger partial charge in [0.2, 0.25) is 5.90 Å². The topological polar surface area (TPSA) is 114 Å². The summed E-state index contributed by atoms with van der Waals surface area (Å²) < 4.78 is 53.2. The van der Waals surface area contributed by atoms with Crippen molar-refractivity contribution < 1.29 is 32.2 Å². The van der Waals surface area contributed by atoms with Gasteiger partial charge in [-0.2, -0.15) is 0 Å². The van der Waals surface area contributed by atoms with Gasteiger partial charge < -0.3 is 19.9 Å². The van der Waals surface area contributed by atoms with Gasteiger partial charge in [-0.05, 0) is 60.0 Å². The van der Waals surface area contributed by atoms with Crippen molar-refractivity contribution in [2.24, 2.45) is 4.99 Å². The van der Waals surface area contributed by atoms with Gasteiger partial charge >= 0.3 is 0 Å². The number of hydrogen-bond donors (Lipinski definition) is 2. The van der Waals surface area contributed by atoms with Crippen LogP contribution in [0.4, 0.5) is 4.39 Å². The van der Waals surface area contributed by atoms with Gasteiger partial charge in [0.15, 0.2) is 21.5 Å². The van der Waals surface area contributed by atoms with Crippen molar-refractivity contribution in [1.82, 2.24) is 5.32 Å². The number of aliphatic imine (C=N–C) groups is 1. The standard InChI is InChI=1S/C35H35FN2O6S/c36-31-15-8-7-10-26(31)20-22-37-34(40)35(21-25-45(41,42)30-13-5-2-6-14-30)32(27-11-3-1-4-12-27)44-33(38-35)28-16-18-29(19-17-28)43-24-9-23-39/h1-8,10-19,32,39H,9,20-25H2,(H,37,40)/t32-,35-/m1/s1. The molecule has 0 saturated heterocycles. The molecule has 0 fully saturated rings. The van der Waals surface area contributed by atoms with E-state index in [9.17, 15) is 17.6 Å². The first-order valence-electron chi connectivity index (χ1n) is 14.8. The second kappa shape index (κ2) is 14.5. The molecule has 0 saturated carbocycles. The lowest BCUT2D eigenvalue weighted by Gasteiger charge is -2.30. The highest BCUT2D eigenvalue weighted by atomic mass is 32.2. The van der Waals surface area contributed by atoms with Gasteiger partial charge in [-0.1, -0.05) is 66.7 Å². The number of aliphatic hydroxyl groups excluding tert-OH is 1. The maximum Gasteiger partial charge on any atom is 0.252 e. The lowest BCUT2D eigenvalue weighted by molar-refractivity contribution is -0.129. The second-order valence-corrected chi connectivity index (χ2v) is 12.8.